The summed E-state index contributed by atoms with van der Waals surface area (Å²) in [7, 11) is 1.54. The van der Waals surface area contributed by atoms with Gasteiger partial charge in [0.25, 0.3) is 11.8 Å². The number of ether oxygens (including phenoxy) is 2. The lowest BCUT2D eigenvalue weighted by atomic mass is 10.1. The van der Waals surface area contributed by atoms with Crippen molar-refractivity contribution < 1.29 is 19.1 Å². The van der Waals surface area contributed by atoms with Crippen molar-refractivity contribution in [3.8, 4) is 11.5 Å². The van der Waals surface area contributed by atoms with Crippen molar-refractivity contribution >= 4 is 39.9 Å². The number of nitrogens with one attached hydrogen (secondary N) is 3. The Labute approximate surface area is 173 Å². The van der Waals surface area contributed by atoms with Gasteiger partial charge in [-0.05, 0) is 59.4 Å². The Balaban J connectivity index is 1.43. The van der Waals surface area contributed by atoms with E-state index in [0.29, 0.717) is 17.1 Å². The Hall–Kier alpha value is -3.65. The number of hydrogen-bond acceptors (Lipinski definition) is 5. The fourth-order valence-corrected chi connectivity index (χ4v) is 2.66. The number of carbonyl (C=O) groups excluding carboxylic acids is 2. The van der Waals surface area contributed by atoms with Gasteiger partial charge in [0, 0.05) is 5.56 Å². The van der Waals surface area contributed by atoms with Crippen LogP contribution >= 0.6 is 12.2 Å². The second-order valence-corrected chi connectivity index (χ2v) is 6.39. The molecule has 0 heterocycles. The number of carbonyl (C=O) groups is 2. The zero-order valence-electron chi connectivity index (χ0n) is 15.6. The topological polar surface area (TPSA) is 88.7 Å². The number of hydrazine groups is 1. The van der Waals surface area contributed by atoms with Gasteiger partial charge >= 0.3 is 0 Å². The molecule has 8 heteroatoms. The second kappa shape index (κ2) is 9.52. The molecule has 29 heavy (non-hydrogen) atoms. The zero-order chi connectivity index (χ0) is 20.6. The summed E-state index contributed by atoms with van der Waals surface area (Å²) >= 11 is 5.00. The highest BCUT2D eigenvalue weighted by Gasteiger charge is 2.09. The molecule has 0 aromatic heterocycles. The minimum atomic E-state index is -0.445. The molecule has 0 unspecified atom stereocenters. The number of methoxy groups -OCH3 is 1. The number of hydrogen-bond donors (Lipinski definition) is 3. The molecule has 0 aliphatic rings. The van der Waals surface area contributed by atoms with Crippen molar-refractivity contribution in [3.05, 3.63) is 72.3 Å². The second-order valence-electron chi connectivity index (χ2n) is 5.98. The Morgan fingerprint density at radius 3 is 2.31 bits per heavy atom. The molecule has 0 saturated heterocycles. The van der Waals surface area contributed by atoms with Crippen LogP contribution in [0, 0.1) is 0 Å². The lowest BCUT2D eigenvalue weighted by molar-refractivity contribution is -0.123. The molecular weight excluding hydrogens is 390 g/mol. The average molecular weight is 409 g/mol. The quantitative estimate of drug-likeness (QED) is 0.443. The Bertz CT molecular complexity index is 1040. The first-order chi connectivity index (χ1) is 14.0. The molecule has 0 spiro atoms. The lowest BCUT2D eigenvalue weighted by Crippen LogP contribution is -2.49. The SMILES string of the molecule is COc1ccc(C(=O)NC(=S)NNC(=O)COc2ccc3ccccc3c2)cc1. The standard InChI is InChI=1S/C21H19N3O4S/c1-27-17-9-7-15(8-10-17)20(26)22-21(29)24-23-19(25)13-28-18-11-6-14-4-2-3-5-16(14)12-18/h2-12H,13H2,1H3,(H,23,25)(H2,22,24,26,29). The predicted molar refractivity (Wildman–Crippen MR) is 114 cm³/mol. The number of rotatable bonds is 5. The van der Waals surface area contributed by atoms with E-state index in [1.54, 1.807) is 37.4 Å². The molecular formula is C21H19N3O4S. The molecule has 0 saturated carbocycles. The predicted octanol–water partition coefficient (Wildman–Crippen LogP) is 2.56. The Morgan fingerprint density at radius 1 is 0.897 bits per heavy atom. The summed E-state index contributed by atoms with van der Waals surface area (Å²) in [5.41, 5.74) is 5.25. The van der Waals surface area contributed by atoms with E-state index in [4.69, 9.17) is 21.7 Å². The smallest absolute Gasteiger partial charge is 0.276 e. The zero-order valence-corrected chi connectivity index (χ0v) is 16.4. The van der Waals surface area contributed by atoms with Crippen LogP contribution in [0.3, 0.4) is 0 Å². The van der Waals surface area contributed by atoms with E-state index in [9.17, 15) is 9.59 Å². The van der Waals surface area contributed by atoms with Gasteiger partial charge in [-0.25, -0.2) is 0 Å². The van der Waals surface area contributed by atoms with Gasteiger partial charge in [-0.15, -0.1) is 0 Å². The maximum atomic E-state index is 12.1. The molecule has 0 radical (unpaired) electrons. The lowest BCUT2D eigenvalue weighted by Gasteiger charge is -2.12. The van der Waals surface area contributed by atoms with E-state index in [0.717, 1.165) is 10.8 Å². The molecule has 3 aromatic carbocycles. The number of benzene rings is 3. The fraction of sp³-hybridized carbons (Fsp3) is 0.0952. The minimum absolute atomic E-state index is 0.0372. The third-order valence-corrected chi connectivity index (χ3v) is 4.19. The van der Waals surface area contributed by atoms with Gasteiger partial charge in [-0.1, -0.05) is 30.3 Å². The van der Waals surface area contributed by atoms with E-state index >= 15 is 0 Å². The third kappa shape index (κ3) is 5.66. The normalized spacial score (nSPS) is 10.1. The highest BCUT2D eigenvalue weighted by molar-refractivity contribution is 7.80. The van der Waals surface area contributed by atoms with E-state index < -0.39 is 11.8 Å². The molecule has 2 amide bonds. The Morgan fingerprint density at radius 2 is 1.59 bits per heavy atom. The van der Waals surface area contributed by atoms with Crippen molar-refractivity contribution in [2.75, 3.05) is 13.7 Å². The van der Waals surface area contributed by atoms with Crippen LogP contribution in [0.5, 0.6) is 11.5 Å². The van der Waals surface area contributed by atoms with Crippen LogP contribution in [-0.4, -0.2) is 30.6 Å². The maximum absolute atomic E-state index is 12.1. The summed E-state index contributed by atoms with van der Waals surface area (Å²) in [6.07, 6.45) is 0. The largest absolute Gasteiger partial charge is 0.497 e. The maximum Gasteiger partial charge on any atom is 0.276 e. The van der Waals surface area contributed by atoms with Crippen LogP contribution in [0.15, 0.2) is 66.7 Å². The number of amides is 2. The van der Waals surface area contributed by atoms with E-state index in [2.05, 4.69) is 16.2 Å². The van der Waals surface area contributed by atoms with Crippen molar-refractivity contribution in [1.29, 1.82) is 0 Å². The van der Waals surface area contributed by atoms with Crippen LogP contribution in [0.2, 0.25) is 0 Å². The molecule has 3 N–H and O–H groups in total. The number of fused-ring (bicyclic) bond motifs is 1. The van der Waals surface area contributed by atoms with Crippen LogP contribution in [-0.2, 0) is 4.79 Å². The summed E-state index contributed by atoms with van der Waals surface area (Å²) in [6.45, 7) is -0.208. The fourth-order valence-electron chi connectivity index (χ4n) is 2.52. The van der Waals surface area contributed by atoms with Crippen molar-refractivity contribution in [1.82, 2.24) is 16.2 Å². The molecule has 0 aliphatic heterocycles. The first-order valence-electron chi connectivity index (χ1n) is 8.71. The van der Waals surface area contributed by atoms with Gasteiger partial charge in [0.05, 0.1) is 7.11 Å². The first kappa shape index (κ1) is 20.1. The summed E-state index contributed by atoms with van der Waals surface area (Å²) in [4.78, 5) is 24.0. The summed E-state index contributed by atoms with van der Waals surface area (Å²) in [6, 6.07) is 20.0. The van der Waals surface area contributed by atoms with Crippen LogP contribution in [0.25, 0.3) is 10.8 Å². The summed E-state index contributed by atoms with van der Waals surface area (Å²) in [5.74, 6) is 0.362. The number of thiocarbonyl (C=S) groups is 1. The van der Waals surface area contributed by atoms with Gasteiger partial charge in [0.2, 0.25) is 0 Å². The van der Waals surface area contributed by atoms with Crippen molar-refractivity contribution in [2.24, 2.45) is 0 Å². The average Bonchev–Trinajstić information content (AvgIpc) is 2.76. The molecule has 0 atom stereocenters. The third-order valence-electron chi connectivity index (χ3n) is 3.99. The Kier molecular flexibility index (Phi) is 6.59. The minimum Gasteiger partial charge on any atom is -0.497 e. The monoisotopic (exact) mass is 409 g/mol. The highest BCUT2D eigenvalue weighted by Crippen LogP contribution is 2.20. The summed E-state index contributed by atoms with van der Waals surface area (Å²) in [5, 5.41) is 4.54. The first-order valence-corrected chi connectivity index (χ1v) is 9.12. The highest BCUT2D eigenvalue weighted by atomic mass is 32.1. The van der Waals surface area contributed by atoms with Gasteiger partial charge in [-0.2, -0.15) is 0 Å². The van der Waals surface area contributed by atoms with Gasteiger partial charge in [0.15, 0.2) is 11.7 Å². The summed E-state index contributed by atoms with van der Waals surface area (Å²) < 4.78 is 10.5. The molecule has 0 aliphatic carbocycles. The van der Waals surface area contributed by atoms with Crippen LogP contribution < -0.4 is 25.6 Å². The van der Waals surface area contributed by atoms with Crippen LogP contribution in [0.1, 0.15) is 10.4 Å². The van der Waals surface area contributed by atoms with Gasteiger partial charge in [0.1, 0.15) is 11.5 Å². The van der Waals surface area contributed by atoms with Crippen LogP contribution in [0.4, 0.5) is 0 Å². The van der Waals surface area contributed by atoms with Crippen molar-refractivity contribution in [3.63, 3.8) is 0 Å². The van der Waals surface area contributed by atoms with Gasteiger partial charge in [-0.3, -0.25) is 25.8 Å². The van der Waals surface area contributed by atoms with Crippen molar-refractivity contribution in [2.45, 2.75) is 0 Å². The van der Waals surface area contributed by atoms with E-state index in [1.165, 1.54) is 0 Å². The molecule has 148 valence electrons. The molecule has 3 aromatic rings. The van der Waals surface area contributed by atoms with E-state index in [1.807, 2.05) is 36.4 Å². The molecule has 3 rings (SSSR count). The molecule has 0 fully saturated rings. The van der Waals surface area contributed by atoms with Gasteiger partial charge < -0.3 is 9.47 Å². The van der Waals surface area contributed by atoms with E-state index in [-0.39, 0.29) is 11.7 Å². The molecule has 0 bridgehead atoms. The molecule has 7 nitrogen and oxygen atoms in total.